The van der Waals surface area contributed by atoms with Gasteiger partial charge < -0.3 is 29.9 Å². The second kappa shape index (κ2) is 11.4. The third-order valence-electron chi connectivity index (χ3n) is 7.33. The van der Waals surface area contributed by atoms with Crippen molar-refractivity contribution in [1.29, 1.82) is 0 Å². The molecule has 4 rings (SSSR count). The van der Waals surface area contributed by atoms with Gasteiger partial charge in [0, 0.05) is 19.1 Å². The first-order valence-corrected chi connectivity index (χ1v) is 12.6. The molecule has 3 N–H and O–H groups in total. The first-order chi connectivity index (χ1) is 16.0. The minimum absolute atomic E-state index is 0.00402. The number of rotatable bonds is 2. The fourth-order valence-corrected chi connectivity index (χ4v) is 5.42. The predicted octanol–water partition coefficient (Wildman–Crippen LogP) is 1.69. The summed E-state index contributed by atoms with van der Waals surface area (Å²) < 4.78 is 10.9. The van der Waals surface area contributed by atoms with Crippen LogP contribution in [0.3, 0.4) is 0 Å². The Morgan fingerprint density at radius 3 is 2.73 bits per heavy atom. The second-order valence-electron chi connectivity index (χ2n) is 9.71. The molecule has 10 heteroatoms. The van der Waals surface area contributed by atoms with E-state index in [0.29, 0.717) is 32.4 Å². The van der Waals surface area contributed by atoms with Crippen LogP contribution in [-0.2, 0) is 19.0 Å². The van der Waals surface area contributed by atoms with Crippen LogP contribution in [0.25, 0.3) is 0 Å². The van der Waals surface area contributed by atoms with Gasteiger partial charge >= 0.3 is 13.2 Å². The van der Waals surface area contributed by atoms with Crippen LogP contribution in [0.4, 0.5) is 4.79 Å². The zero-order valence-electron chi connectivity index (χ0n) is 19.2. The fraction of sp³-hybridized carbons (Fsp3) is 0.783. The molecule has 9 nitrogen and oxygen atoms in total. The summed E-state index contributed by atoms with van der Waals surface area (Å²) in [5.74, 6) is -1.01. The summed E-state index contributed by atoms with van der Waals surface area (Å²) in [5, 5.41) is 16.0. The highest BCUT2D eigenvalue weighted by molar-refractivity contribution is 6.46. The number of hydrogen-bond donors (Lipinski definition) is 3. The van der Waals surface area contributed by atoms with Crippen molar-refractivity contribution in [2.45, 2.75) is 94.8 Å². The standard InChI is InChI=1S/C23H36BN3O6/c28-21-19-13-8-14-27(19)22(29)18(25-23(30)33-17-10-6-7-11-17)12-5-3-1-2-4-9-16-15-32-24(31)20(16)26-21/h2,4,16-20,31H,1,3,5-15H2,(H,25,30)(H,26,28)/b4-2-/t16-,18-,19-,20?/m0/s1. The van der Waals surface area contributed by atoms with E-state index in [4.69, 9.17) is 9.39 Å². The van der Waals surface area contributed by atoms with Crippen molar-refractivity contribution in [1.82, 2.24) is 15.5 Å². The Morgan fingerprint density at radius 2 is 1.91 bits per heavy atom. The number of fused-ring (bicyclic) bond motifs is 2. The van der Waals surface area contributed by atoms with Crippen molar-refractivity contribution >= 4 is 25.0 Å². The summed E-state index contributed by atoms with van der Waals surface area (Å²) in [7, 11) is -1.05. The SMILES string of the molecule is O=C(N[C@H]1CCCC/C=C\C[C@H]2COB(O)C2NC(=O)[C@@H]2CCCN2C1=O)OC1CCCC1. The Bertz CT molecular complexity index is 744. The summed E-state index contributed by atoms with van der Waals surface area (Å²) in [6.45, 7) is 0.861. The fourth-order valence-electron chi connectivity index (χ4n) is 5.42. The van der Waals surface area contributed by atoms with Gasteiger partial charge in [0.1, 0.15) is 18.2 Å². The smallest absolute Gasteiger partial charge is 0.446 e. The zero-order chi connectivity index (χ0) is 23.2. The minimum Gasteiger partial charge on any atom is -0.446 e. The van der Waals surface area contributed by atoms with Gasteiger partial charge in [0.25, 0.3) is 0 Å². The number of amides is 3. The van der Waals surface area contributed by atoms with Gasteiger partial charge in [0.05, 0.1) is 5.94 Å². The lowest BCUT2D eigenvalue weighted by atomic mass is 9.74. The Morgan fingerprint density at radius 1 is 1.12 bits per heavy atom. The maximum absolute atomic E-state index is 13.5. The number of carbonyl (C=O) groups is 3. The van der Waals surface area contributed by atoms with Crippen LogP contribution in [0.5, 0.6) is 0 Å². The molecule has 182 valence electrons. The van der Waals surface area contributed by atoms with Gasteiger partial charge in [0.15, 0.2) is 0 Å². The Labute approximate surface area is 195 Å². The number of carbonyl (C=O) groups excluding carboxylic acids is 3. The molecular formula is C23H36BN3O6. The van der Waals surface area contributed by atoms with Crippen molar-refractivity contribution in [3.8, 4) is 0 Å². The Hall–Kier alpha value is -2.07. The minimum atomic E-state index is -1.05. The van der Waals surface area contributed by atoms with Gasteiger partial charge in [-0.25, -0.2) is 4.79 Å². The highest BCUT2D eigenvalue weighted by Gasteiger charge is 2.44. The van der Waals surface area contributed by atoms with Crippen LogP contribution in [0.1, 0.15) is 70.6 Å². The van der Waals surface area contributed by atoms with Crippen molar-refractivity contribution in [2.75, 3.05) is 13.2 Å². The van der Waals surface area contributed by atoms with Crippen LogP contribution in [-0.4, -0.2) is 72.2 Å². The van der Waals surface area contributed by atoms with Crippen LogP contribution in [0.15, 0.2) is 12.2 Å². The lowest BCUT2D eigenvalue weighted by molar-refractivity contribution is -0.140. The second-order valence-corrected chi connectivity index (χ2v) is 9.71. The van der Waals surface area contributed by atoms with Crippen LogP contribution in [0.2, 0.25) is 0 Å². The number of allylic oxidation sites excluding steroid dienone is 2. The van der Waals surface area contributed by atoms with Gasteiger partial charge in [-0.15, -0.1) is 0 Å². The molecule has 4 atom stereocenters. The zero-order valence-corrected chi connectivity index (χ0v) is 19.2. The molecule has 0 aromatic carbocycles. The molecule has 1 saturated carbocycles. The van der Waals surface area contributed by atoms with Crippen LogP contribution < -0.4 is 10.6 Å². The van der Waals surface area contributed by atoms with E-state index in [9.17, 15) is 19.4 Å². The number of nitrogens with zero attached hydrogens (tertiary/aromatic N) is 1. The third kappa shape index (κ3) is 6.09. The quantitative estimate of drug-likeness (QED) is 0.426. The molecular weight excluding hydrogens is 425 g/mol. The molecule has 33 heavy (non-hydrogen) atoms. The van der Waals surface area contributed by atoms with E-state index in [1.807, 2.05) is 0 Å². The summed E-state index contributed by atoms with van der Waals surface area (Å²) in [5.41, 5.74) is 0. The predicted molar refractivity (Wildman–Crippen MR) is 122 cm³/mol. The van der Waals surface area contributed by atoms with Crippen LogP contribution in [0, 0.1) is 5.92 Å². The maximum Gasteiger partial charge on any atom is 0.478 e. The number of alkyl carbamates (subject to hydrolysis) is 1. The average molecular weight is 461 g/mol. The van der Waals surface area contributed by atoms with Gasteiger partial charge in [-0.1, -0.05) is 18.6 Å². The molecule has 3 fully saturated rings. The van der Waals surface area contributed by atoms with Crippen molar-refractivity contribution in [2.24, 2.45) is 5.92 Å². The number of hydrogen-bond acceptors (Lipinski definition) is 6. The number of ether oxygens (including phenoxy) is 1. The molecule has 1 aliphatic carbocycles. The van der Waals surface area contributed by atoms with Gasteiger partial charge in [-0.3, -0.25) is 9.59 Å². The van der Waals surface area contributed by atoms with Gasteiger partial charge in [0.2, 0.25) is 11.8 Å². The summed E-state index contributed by atoms with van der Waals surface area (Å²) in [6.07, 6.45) is 12.4. The molecule has 2 saturated heterocycles. The van der Waals surface area contributed by atoms with E-state index in [0.717, 1.165) is 51.4 Å². The van der Waals surface area contributed by atoms with Crippen molar-refractivity contribution < 1.29 is 28.8 Å². The molecule has 3 amide bonds. The molecule has 0 radical (unpaired) electrons. The molecule has 0 spiro atoms. The first-order valence-electron chi connectivity index (χ1n) is 12.6. The summed E-state index contributed by atoms with van der Waals surface area (Å²) in [6, 6.07) is -1.32. The van der Waals surface area contributed by atoms with E-state index >= 15 is 0 Å². The maximum atomic E-state index is 13.5. The summed E-state index contributed by atoms with van der Waals surface area (Å²) >= 11 is 0. The lowest BCUT2D eigenvalue weighted by Crippen LogP contribution is -2.56. The van der Waals surface area contributed by atoms with E-state index in [2.05, 4.69) is 22.8 Å². The largest absolute Gasteiger partial charge is 0.478 e. The Balaban J connectivity index is 1.47. The molecule has 4 aliphatic rings. The van der Waals surface area contributed by atoms with E-state index in [1.54, 1.807) is 4.90 Å². The van der Waals surface area contributed by atoms with E-state index < -0.39 is 31.2 Å². The number of nitrogens with one attached hydrogen (secondary N) is 2. The Kier molecular flexibility index (Phi) is 8.30. The topological polar surface area (TPSA) is 117 Å². The van der Waals surface area contributed by atoms with Crippen molar-refractivity contribution in [3.63, 3.8) is 0 Å². The van der Waals surface area contributed by atoms with Crippen LogP contribution >= 0.6 is 0 Å². The lowest BCUT2D eigenvalue weighted by Gasteiger charge is -2.30. The monoisotopic (exact) mass is 461 g/mol. The van der Waals surface area contributed by atoms with Crippen molar-refractivity contribution in [3.05, 3.63) is 12.2 Å². The molecule has 3 heterocycles. The van der Waals surface area contributed by atoms with Gasteiger partial charge in [-0.2, -0.15) is 0 Å². The van der Waals surface area contributed by atoms with E-state index in [1.165, 1.54) is 0 Å². The average Bonchev–Trinajstić information content (AvgIpc) is 3.54. The highest BCUT2D eigenvalue weighted by Crippen LogP contribution is 2.25. The summed E-state index contributed by atoms with van der Waals surface area (Å²) in [4.78, 5) is 40.7. The third-order valence-corrected chi connectivity index (χ3v) is 7.33. The molecule has 0 bridgehead atoms. The molecule has 0 aromatic heterocycles. The van der Waals surface area contributed by atoms with E-state index in [-0.39, 0.29) is 23.8 Å². The first kappa shape index (κ1) is 24.1. The van der Waals surface area contributed by atoms with Gasteiger partial charge in [-0.05, 0) is 64.2 Å². The molecule has 1 unspecified atom stereocenters. The normalized spacial score (nSPS) is 33.0. The molecule has 0 aromatic rings. The highest BCUT2D eigenvalue weighted by atomic mass is 16.6. The molecule has 3 aliphatic heterocycles.